The number of hydrogen-bond acceptors (Lipinski definition) is 9. The maximum absolute atomic E-state index is 14.0. The first-order valence-electron chi connectivity index (χ1n) is 16.1. The molecule has 0 aliphatic carbocycles. The summed E-state index contributed by atoms with van der Waals surface area (Å²) in [6.45, 7) is 7.45. The van der Waals surface area contributed by atoms with Crippen molar-refractivity contribution in [3.63, 3.8) is 0 Å². The average Bonchev–Trinajstić information content (AvgIpc) is 3.04. The highest BCUT2D eigenvalue weighted by molar-refractivity contribution is 7.88. The van der Waals surface area contributed by atoms with Crippen LogP contribution in [0.3, 0.4) is 0 Å². The van der Waals surface area contributed by atoms with Crippen LogP contribution in [0.15, 0.2) is 36.4 Å². The van der Waals surface area contributed by atoms with Crippen LogP contribution in [0.4, 0.5) is 0 Å². The number of esters is 1. The van der Waals surface area contributed by atoms with Crippen LogP contribution in [0, 0.1) is 11.3 Å². The van der Waals surface area contributed by atoms with Crippen LogP contribution in [-0.4, -0.2) is 90.5 Å². The van der Waals surface area contributed by atoms with Gasteiger partial charge in [-0.3, -0.25) is 29.2 Å². The molecule has 3 amide bonds. The van der Waals surface area contributed by atoms with E-state index in [4.69, 9.17) is 9.72 Å². The molecule has 14 heteroatoms. The molecule has 2 saturated heterocycles. The standard InChI is InChI=1S/C33H44N6O7S/c1-20(2)28-30(41)35-22(4)31(42)39-16-6-7-26(37-39)29(40)34-21(3)25-11-10-24-9-8-23(19-27(24)36-25)12-13-33(32(43)46-28)14-17-38(18-15-33)47(5,44)45/h8-13,19-22,26,28,37H,6-7,14-18H2,1-5H3,(H,34,40)(H,35,41)/b13-12+/t21-,22+,26+,28+/m1/s1. The van der Waals surface area contributed by atoms with E-state index in [1.165, 1.54) is 9.31 Å². The summed E-state index contributed by atoms with van der Waals surface area (Å²) in [4.78, 5) is 59.0. The van der Waals surface area contributed by atoms with Crippen LogP contribution in [-0.2, 0) is 33.9 Å². The van der Waals surface area contributed by atoms with Crippen LogP contribution in [0.5, 0.6) is 0 Å². The Morgan fingerprint density at radius 2 is 1.64 bits per heavy atom. The average molecular weight is 669 g/mol. The Balaban J connectivity index is 1.54. The number of cyclic esters (lactones) is 1. The van der Waals surface area contributed by atoms with E-state index in [1.807, 2.05) is 37.3 Å². The van der Waals surface area contributed by atoms with E-state index >= 15 is 0 Å². The van der Waals surface area contributed by atoms with E-state index in [0.717, 1.165) is 17.2 Å². The topological polar surface area (TPSA) is 167 Å². The molecule has 3 N–H and O–H groups in total. The van der Waals surface area contributed by atoms with Gasteiger partial charge in [-0.05, 0) is 63.1 Å². The fourth-order valence-electron chi connectivity index (χ4n) is 6.24. The maximum Gasteiger partial charge on any atom is 0.316 e. The van der Waals surface area contributed by atoms with Gasteiger partial charge in [-0.15, -0.1) is 0 Å². The largest absolute Gasteiger partial charge is 0.451 e. The second kappa shape index (κ2) is 13.7. The molecule has 3 aliphatic rings. The number of nitrogens with zero attached hydrogens (tertiary/aromatic N) is 3. The zero-order valence-corrected chi connectivity index (χ0v) is 28.3. The van der Waals surface area contributed by atoms with E-state index < -0.39 is 63.4 Å². The zero-order valence-electron chi connectivity index (χ0n) is 27.5. The van der Waals surface area contributed by atoms with Gasteiger partial charge in [0.1, 0.15) is 12.1 Å². The number of ether oxygens (including phenoxy) is 1. The Morgan fingerprint density at radius 3 is 2.32 bits per heavy atom. The minimum Gasteiger partial charge on any atom is -0.451 e. The molecule has 5 rings (SSSR count). The molecule has 0 unspecified atom stereocenters. The first-order chi connectivity index (χ1) is 22.2. The van der Waals surface area contributed by atoms with Gasteiger partial charge in [-0.2, -0.15) is 0 Å². The lowest BCUT2D eigenvalue weighted by Gasteiger charge is -2.38. The molecular formula is C33H44N6O7S. The Bertz CT molecular complexity index is 1690. The number of amides is 3. The van der Waals surface area contributed by atoms with Gasteiger partial charge in [0.15, 0.2) is 6.10 Å². The second-order valence-electron chi connectivity index (χ2n) is 13.2. The molecule has 2 fully saturated rings. The number of piperidine rings is 1. The highest BCUT2D eigenvalue weighted by atomic mass is 32.2. The van der Waals surface area contributed by atoms with Crippen molar-refractivity contribution in [2.24, 2.45) is 11.3 Å². The van der Waals surface area contributed by atoms with Gasteiger partial charge < -0.3 is 15.4 Å². The fourth-order valence-corrected chi connectivity index (χ4v) is 7.09. The van der Waals surface area contributed by atoms with Gasteiger partial charge in [0, 0.05) is 25.0 Å². The van der Waals surface area contributed by atoms with Gasteiger partial charge in [0.25, 0.3) is 11.8 Å². The molecule has 2 aromatic rings. The first-order valence-corrected chi connectivity index (χ1v) is 18.0. The van der Waals surface area contributed by atoms with E-state index in [0.29, 0.717) is 30.6 Å². The van der Waals surface area contributed by atoms with Crippen LogP contribution >= 0.6 is 0 Å². The minimum atomic E-state index is -3.47. The van der Waals surface area contributed by atoms with Crippen molar-refractivity contribution in [1.82, 2.24) is 30.4 Å². The summed E-state index contributed by atoms with van der Waals surface area (Å²) in [5.74, 6) is -2.38. The van der Waals surface area contributed by atoms with Crippen LogP contribution in [0.25, 0.3) is 17.0 Å². The van der Waals surface area contributed by atoms with Crippen molar-refractivity contribution in [3.8, 4) is 0 Å². The number of hydrazine groups is 1. The van der Waals surface area contributed by atoms with Crippen molar-refractivity contribution in [2.45, 2.75) is 77.6 Å². The van der Waals surface area contributed by atoms with Gasteiger partial charge in [-0.25, -0.2) is 18.1 Å². The van der Waals surface area contributed by atoms with Crippen molar-refractivity contribution in [3.05, 3.63) is 47.7 Å². The SMILES string of the molecule is CC(C)[C@@H]1OC(=O)C2(/C=C/c3ccc4ccc(nc4c3)[C@@H](C)NC(=O)[C@@H]3CCCN(N3)C(=O)[C@H](C)NC1=O)CCN(S(C)(=O)=O)CC2. The smallest absolute Gasteiger partial charge is 0.316 e. The molecule has 5 bridgehead atoms. The molecule has 254 valence electrons. The molecule has 1 aromatic carbocycles. The summed E-state index contributed by atoms with van der Waals surface area (Å²) >= 11 is 0. The summed E-state index contributed by atoms with van der Waals surface area (Å²) in [6.07, 6.45) is 4.90. The third kappa shape index (κ3) is 7.65. The number of fused-ring (bicyclic) bond motifs is 4. The number of aromatic nitrogens is 1. The minimum absolute atomic E-state index is 0.110. The van der Waals surface area contributed by atoms with E-state index in [-0.39, 0.29) is 31.8 Å². The second-order valence-corrected chi connectivity index (χ2v) is 15.2. The number of carbonyl (C=O) groups excluding carboxylic acids is 4. The van der Waals surface area contributed by atoms with Crippen LogP contribution in [0.1, 0.15) is 70.7 Å². The monoisotopic (exact) mass is 668 g/mol. The van der Waals surface area contributed by atoms with Gasteiger partial charge >= 0.3 is 5.97 Å². The normalized spacial score (nSPS) is 27.4. The summed E-state index contributed by atoms with van der Waals surface area (Å²) in [7, 11) is -3.47. The summed E-state index contributed by atoms with van der Waals surface area (Å²) < 4.78 is 31.8. The summed E-state index contributed by atoms with van der Waals surface area (Å²) in [5, 5.41) is 7.95. The van der Waals surface area contributed by atoms with Crippen molar-refractivity contribution in [2.75, 3.05) is 25.9 Å². The third-order valence-electron chi connectivity index (χ3n) is 9.22. The van der Waals surface area contributed by atoms with Crippen molar-refractivity contribution < 1.29 is 32.3 Å². The lowest BCUT2D eigenvalue weighted by molar-refractivity contribution is -0.168. The molecule has 1 spiro atoms. The predicted octanol–water partition coefficient (Wildman–Crippen LogP) is 2.05. The number of benzene rings is 1. The molecular weight excluding hydrogens is 624 g/mol. The predicted molar refractivity (Wildman–Crippen MR) is 176 cm³/mol. The Kier molecular flexibility index (Phi) is 10.0. The van der Waals surface area contributed by atoms with Gasteiger partial charge in [-0.1, -0.05) is 44.2 Å². The van der Waals surface area contributed by atoms with E-state index in [1.54, 1.807) is 32.9 Å². The molecule has 13 nitrogen and oxygen atoms in total. The molecule has 1 aromatic heterocycles. The number of sulfonamides is 1. The van der Waals surface area contributed by atoms with Crippen molar-refractivity contribution >= 4 is 50.7 Å². The van der Waals surface area contributed by atoms with E-state index in [2.05, 4.69) is 16.1 Å². The third-order valence-corrected chi connectivity index (χ3v) is 10.5. The number of carbonyl (C=O) groups is 4. The molecule has 4 atom stereocenters. The quantitative estimate of drug-likeness (QED) is 0.406. The zero-order chi connectivity index (χ0) is 34.1. The summed E-state index contributed by atoms with van der Waals surface area (Å²) in [5.41, 5.74) is 3.93. The van der Waals surface area contributed by atoms with Crippen LogP contribution < -0.4 is 16.1 Å². The van der Waals surface area contributed by atoms with Crippen LogP contribution in [0.2, 0.25) is 0 Å². The lowest BCUT2D eigenvalue weighted by Crippen LogP contribution is -2.61. The van der Waals surface area contributed by atoms with E-state index in [9.17, 15) is 27.6 Å². The Morgan fingerprint density at radius 1 is 0.957 bits per heavy atom. The number of pyridine rings is 1. The first kappa shape index (κ1) is 34.5. The number of nitrogens with one attached hydrogen (secondary N) is 3. The van der Waals surface area contributed by atoms with Gasteiger partial charge in [0.05, 0.1) is 28.9 Å². The molecule has 4 heterocycles. The molecule has 3 aliphatic heterocycles. The maximum atomic E-state index is 14.0. The number of rotatable bonds is 2. The Hall–Kier alpha value is -3.88. The van der Waals surface area contributed by atoms with Gasteiger partial charge in [0.2, 0.25) is 15.9 Å². The highest BCUT2D eigenvalue weighted by Crippen LogP contribution is 2.37. The lowest BCUT2D eigenvalue weighted by atomic mass is 9.78. The highest BCUT2D eigenvalue weighted by Gasteiger charge is 2.44. The van der Waals surface area contributed by atoms with Crippen molar-refractivity contribution in [1.29, 1.82) is 0 Å². The molecule has 0 radical (unpaired) electrons. The Labute approximate surface area is 275 Å². The molecule has 47 heavy (non-hydrogen) atoms. The fraction of sp³-hybridized carbons (Fsp3) is 0.545. The molecule has 0 saturated carbocycles. The number of hydrogen-bond donors (Lipinski definition) is 3. The summed E-state index contributed by atoms with van der Waals surface area (Å²) in [6, 6.07) is 7.44.